The number of hydrogen-bond donors (Lipinski definition) is 0. The van der Waals surface area contributed by atoms with Gasteiger partial charge in [-0.2, -0.15) is 0 Å². The van der Waals surface area contributed by atoms with Gasteiger partial charge in [0.2, 0.25) is 0 Å². The molecule has 7 heteroatoms. The Hall–Kier alpha value is -1.95. The molecule has 1 saturated heterocycles. The van der Waals surface area contributed by atoms with Crippen LogP contribution in [0.1, 0.15) is 27.7 Å². The maximum Gasteiger partial charge on any atom is 0.494 e. The Labute approximate surface area is 161 Å². The van der Waals surface area contributed by atoms with Crippen LogP contribution in [0.2, 0.25) is 6.82 Å². The van der Waals surface area contributed by atoms with Crippen molar-refractivity contribution < 1.29 is 23.4 Å². The molecule has 0 bridgehead atoms. The Morgan fingerprint density at radius 3 is 2.00 bits per heavy atom. The Balaban J connectivity index is 1.62. The minimum atomic E-state index is -0.440. The quantitative estimate of drug-likeness (QED) is 0.666. The number of fused-ring (bicyclic) bond motifs is 2. The molecule has 0 aromatic heterocycles. The largest absolute Gasteiger partial charge is 0.494 e. The highest BCUT2D eigenvalue weighted by atomic mass is 16.7. The number of rotatable bonds is 3. The molecule has 0 aliphatic carbocycles. The van der Waals surface area contributed by atoms with Crippen LogP contribution in [0.3, 0.4) is 0 Å². The molecule has 2 aliphatic heterocycles. The first-order valence-electron chi connectivity index (χ1n) is 9.22. The van der Waals surface area contributed by atoms with Gasteiger partial charge in [-0.05, 0) is 62.9 Å². The Morgan fingerprint density at radius 1 is 0.815 bits per heavy atom. The lowest BCUT2D eigenvalue weighted by Crippen LogP contribution is -2.41. The third kappa shape index (κ3) is 3.14. The zero-order valence-electron chi connectivity index (χ0n) is 16.7. The second kappa shape index (κ2) is 6.30. The highest BCUT2D eigenvalue weighted by Gasteiger charge is 2.51. The van der Waals surface area contributed by atoms with Crippen molar-refractivity contribution in [2.75, 3.05) is 7.11 Å². The topological polar surface area (TPSA) is 46.2 Å². The fourth-order valence-corrected chi connectivity index (χ4v) is 3.13. The lowest BCUT2D eigenvalue weighted by molar-refractivity contribution is 0.00578. The summed E-state index contributed by atoms with van der Waals surface area (Å²) in [6, 6.07) is 11.6. The molecule has 0 saturated carbocycles. The average Bonchev–Trinajstić information content (AvgIpc) is 2.85. The van der Waals surface area contributed by atoms with Crippen molar-refractivity contribution in [3.8, 4) is 23.0 Å². The second-order valence-corrected chi connectivity index (χ2v) is 8.08. The van der Waals surface area contributed by atoms with E-state index in [0.717, 1.165) is 10.9 Å². The molecular weight excluding hydrogens is 342 g/mol. The van der Waals surface area contributed by atoms with Gasteiger partial charge in [-0.3, -0.25) is 0 Å². The van der Waals surface area contributed by atoms with Crippen LogP contribution < -0.4 is 20.4 Å². The smallest absolute Gasteiger partial charge is 0.450 e. The molecule has 27 heavy (non-hydrogen) atoms. The monoisotopic (exact) mass is 366 g/mol. The summed E-state index contributed by atoms with van der Waals surface area (Å²) in [6.45, 7) is 10.1. The normalized spacial score (nSPS) is 19.0. The van der Waals surface area contributed by atoms with Crippen LogP contribution in [0.4, 0.5) is 0 Å². The van der Waals surface area contributed by atoms with E-state index in [1.54, 1.807) is 7.11 Å². The van der Waals surface area contributed by atoms with Crippen molar-refractivity contribution in [3.05, 3.63) is 36.4 Å². The molecule has 0 amide bonds. The van der Waals surface area contributed by atoms with Gasteiger partial charge >= 0.3 is 14.0 Å². The van der Waals surface area contributed by atoms with E-state index in [1.807, 2.05) is 70.9 Å². The van der Waals surface area contributed by atoms with Crippen molar-refractivity contribution in [1.82, 2.24) is 0 Å². The summed E-state index contributed by atoms with van der Waals surface area (Å²) in [5, 5.41) is 0. The van der Waals surface area contributed by atoms with Crippen molar-refractivity contribution >= 4 is 25.0 Å². The molecule has 140 valence electrons. The maximum atomic E-state index is 6.14. The average molecular weight is 366 g/mol. The second-order valence-electron chi connectivity index (χ2n) is 8.08. The van der Waals surface area contributed by atoms with Gasteiger partial charge in [0.15, 0.2) is 23.0 Å². The van der Waals surface area contributed by atoms with Gasteiger partial charge in [-0.15, -0.1) is 0 Å². The molecule has 5 nitrogen and oxygen atoms in total. The van der Waals surface area contributed by atoms with Gasteiger partial charge in [0.1, 0.15) is 0 Å². The highest BCUT2D eigenvalue weighted by molar-refractivity contribution is 6.66. The molecule has 1 fully saturated rings. The summed E-state index contributed by atoms with van der Waals surface area (Å²) in [7, 11) is 1.25. The molecule has 4 rings (SSSR count). The van der Waals surface area contributed by atoms with Crippen LogP contribution in [0, 0.1) is 0 Å². The maximum absolute atomic E-state index is 6.14. The third-order valence-electron chi connectivity index (χ3n) is 5.72. The molecule has 2 heterocycles. The molecule has 2 aromatic rings. The zero-order chi connectivity index (χ0) is 19.4. The lowest BCUT2D eigenvalue weighted by atomic mass is 9.64. The first-order valence-corrected chi connectivity index (χ1v) is 9.22. The SMILES string of the molecule is COB(C)c1ccc2c(c1)Oc1cc(B3OC(C)(C)C(C)(C)O3)ccc1O2. The molecule has 2 aliphatic rings. The van der Waals surface area contributed by atoms with E-state index in [-0.39, 0.29) is 18.1 Å². The molecule has 0 unspecified atom stereocenters. The van der Waals surface area contributed by atoms with Gasteiger partial charge in [-0.25, -0.2) is 0 Å². The van der Waals surface area contributed by atoms with Crippen LogP contribution in [0.5, 0.6) is 23.0 Å². The van der Waals surface area contributed by atoms with Crippen molar-refractivity contribution in [2.24, 2.45) is 0 Å². The number of ether oxygens (including phenoxy) is 2. The summed E-state index contributed by atoms with van der Waals surface area (Å²) >= 11 is 0. The van der Waals surface area contributed by atoms with Crippen LogP contribution in [-0.2, 0) is 14.0 Å². The first-order chi connectivity index (χ1) is 12.7. The van der Waals surface area contributed by atoms with Crippen molar-refractivity contribution in [2.45, 2.75) is 45.7 Å². The van der Waals surface area contributed by atoms with Gasteiger partial charge in [0.25, 0.3) is 0 Å². The van der Waals surface area contributed by atoms with E-state index in [1.165, 1.54) is 0 Å². The van der Waals surface area contributed by atoms with E-state index >= 15 is 0 Å². The molecule has 0 radical (unpaired) electrons. The Morgan fingerprint density at radius 2 is 1.37 bits per heavy atom. The van der Waals surface area contributed by atoms with E-state index in [9.17, 15) is 0 Å². The summed E-state index contributed by atoms with van der Waals surface area (Å²) in [5.74, 6) is 2.69. The Kier molecular flexibility index (Phi) is 4.29. The van der Waals surface area contributed by atoms with E-state index in [0.29, 0.717) is 23.0 Å². The number of benzene rings is 2. The third-order valence-corrected chi connectivity index (χ3v) is 5.72. The molecule has 2 aromatic carbocycles. The zero-order valence-corrected chi connectivity index (χ0v) is 16.7. The predicted octanol–water partition coefficient (Wildman–Crippen LogP) is 3.36. The minimum Gasteiger partial charge on any atom is -0.450 e. The van der Waals surface area contributed by atoms with Gasteiger partial charge in [0, 0.05) is 7.11 Å². The summed E-state index contributed by atoms with van der Waals surface area (Å²) < 4.78 is 29.8. The van der Waals surface area contributed by atoms with Gasteiger partial charge in [-0.1, -0.05) is 19.0 Å². The van der Waals surface area contributed by atoms with Gasteiger partial charge in [0.05, 0.1) is 11.2 Å². The molecule has 0 N–H and O–H groups in total. The van der Waals surface area contributed by atoms with Crippen LogP contribution in [0.15, 0.2) is 36.4 Å². The molecule has 0 atom stereocenters. The fraction of sp³-hybridized carbons (Fsp3) is 0.400. The van der Waals surface area contributed by atoms with Crippen LogP contribution in [-0.4, -0.2) is 32.3 Å². The molecular formula is C20H24B2O5. The van der Waals surface area contributed by atoms with Gasteiger partial charge < -0.3 is 23.4 Å². The summed E-state index contributed by atoms with van der Waals surface area (Å²) in [5.41, 5.74) is 1.16. The van der Waals surface area contributed by atoms with Crippen LogP contribution >= 0.6 is 0 Å². The van der Waals surface area contributed by atoms with E-state index < -0.39 is 7.12 Å². The summed E-state index contributed by atoms with van der Waals surface area (Å²) in [6.07, 6.45) is 0. The summed E-state index contributed by atoms with van der Waals surface area (Å²) in [4.78, 5) is 0. The van der Waals surface area contributed by atoms with E-state index in [4.69, 9.17) is 23.4 Å². The predicted molar refractivity (Wildman–Crippen MR) is 107 cm³/mol. The standard InChI is InChI=1S/C20H24B2O5/c1-19(2)20(3,4)27-22(26-19)14-8-10-16-18(12-14)25-17-11-13(21(5)23-6)7-9-15(17)24-16/h7-12H,1-6H3. The van der Waals surface area contributed by atoms with Crippen molar-refractivity contribution in [1.29, 1.82) is 0 Å². The Bertz CT molecular complexity index is 865. The minimum absolute atomic E-state index is 0.0172. The fourth-order valence-electron chi connectivity index (χ4n) is 3.13. The van der Waals surface area contributed by atoms with E-state index in [2.05, 4.69) is 0 Å². The lowest BCUT2D eigenvalue weighted by Gasteiger charge is -2.32. The first kappa shape index (κ1) is 18.4. The molecule has 0 spiro atoms. The van der Waals surface area contributed by atoms with Crippen molar-refractivity contribution in [3.63, 3.8) is 0 Å². The van der Waals surface area contributed by atoms with Crippen LogP contribution in [0.25, 0.3) is 0 Å². The highest BCUT2D eigenvalue weighted by Crippen LogP contribution is 2.44. The number of hydrogen-bond acceptors (Lipinski definition) is 5.